The molecule has 5 rings (SSSR count). The van der Waals surface area contributed by atoms with Gasteiger partial charge < -0.3 is 24.5 Å². The number of nitrogens with zero attached hydrogens (tertiary/aromatic N) is 1. The van der Waals surface area contributed by atoms with Crippen LogP contribution in [0.1, 0.15) is 22.8 Å². The van der Waals surface area contributed by atoms with Gasteiger partial charge in [-0.2, -0.15) is 0 Å². The van der Waals surface area contributed by atoms with E-state index in [4.69, 9.17) is 9.47 Å². The lowest BCUT2D eigenvalue weighted by Crippen LogP contribution is -2.41. The van der Waals surface area contributed by atoms with Gasteiger partial charge in [0.25, 0.3) is 0 Å². The number of hydrogen-bond acceptors (Lipinski definition) is 5. The van der Waals surface area contributed by atoms with E-state index >= 15 is 0 Å². The number of ketones is 1. The van der Waals surface area contributed by atoms with E-state index in [0.717, 1.165) is 17.0 Å². The van der Waals surface area contributed by atoms with Crippen LogP contribution in [0.15, 0.2) is 79.0 Å². The molecule has 0 radical (unpaired) electrons. The second-order valence-corrected chi connectivity index (χ2v) is 8.93. The Balaban J connectivity index is 1.32. The number of Topliss-reactive ketones (excluding diaryl/α,β-unsaturated/α-hetero) is 1. The van der Waals surface area contributed by atoms with E-state index in [2.05, 4.69) is 9.88 Å². The third kappa shape index (κ3) is 3.99. The number of fused-ring (bicyclic) bond motifs is 2. The fourth-order valence-electron chi connectivity index (χ4n) is 4.62. The summed E-state index contributed by atoms with van der Waals surface area (Å²) in [4.78, 5) is 31.1. The molecule has 0 bridgehead atoms. The zero-order chi connectivity index (χ0) is 24.6. The van der Waals surface area contributed by atoms with Crippen LogP contribution in [0.25, 0.3) is 10.9 Å². The van der Waals surface area contributed by atoms with Gasteiger partial charge in [0.15, 0.2) is 11.2 Å². The first kappa shape index (κ1) is 22.5. The number of ether oxygens (including phenoxy) is 2. The van der Waals surface area contributed by atoms with Crippen molar-refractivity contribution >= 4 is 28.3 Å². The molecule has 0 saturated heterocycles. The minimum atomic E-state index is -1.74. The number of aliphatic carboxylic acids is 1. The molecule has 4 aromatic rings. The predicted molar refractivity (Wildman–Crippen MR) is 134 cm³/mol. The molecule has 1 aliphatic rings. The van der Waals surface area contributed by atoms with Crippen LogP contribution in [-0.4, -0.2) is 48.1 Å². The minimum absolute atomic E-state index is 0.145. The number of likely N-dealkylation sites (N-methyl/N-ethyl adjacent to an activating group) is 1. The van der Waals surface area contributed by atoms with Gasteiger partial charge in [0.05, 0.1) is 12.2 Å². The summed E-state index contributed by atoms with van der Waals surface area (Å²) in [6.45, 7) is 2.49. The predicted octanol–water partition coefficient (Wildman–Crippen LogP) is 4.67. The van der Waals surface area contributed by atoms with Gasteiger partial charge in [-0.3, -0.25) is 9.59 Å². The van der Waals surface area contributed by atoms with Gasteiger partial charge >= 0.3 is 5.97 Å². The van der Waals surface area contributed by atoms with Crippen molar-refractivity contribution in [2.24, 2.45) is 0 Å². The monoisotopic (exact) mass is 470 g/mol. The zero-order valence-electron chi connectivity index (χ0n) is 19.5. The van der Waals surface area contributed by atoms with Crippen LogP contribution in [0.3, 0.4) is 0 Å². The number of rotatable bonds is 7. The number of carboxylic acids is 1. The van der Waals surface area contributed by atoms with Gasteiger partial charge in [-0.1, -0.05) is 24.3 Å². The Morgan fingerprint density at radius 2 is 1.86 bits per heavy atom. The molecular weight excluding hydrogens is 444 g/mol. The maximum atomic E-state index is 13.5. The summed E-state index contributed by atoms with van der Waals surface area (Å²) in [6, 6.07) is 21.6. The molecule has 2 atom stereocenters. The Morgan fingerprint density at radius 1 is 1.09 bits per heavy atom. The summed E-state index contributed by atoms with van der Waals surface area (Å²) in [5.41, 5.74) is 0.844. The fraction of sp³-hybridized carbons (Fsp3) is 0.214. The summed E-state index contributed by atoms with van der Waals surface area (Å²) in [5, 5.41) is 10.8. The lowest BCUT2D eigenvalue weighted by atomic mass is 9.75. The van der Waals surface area contributed by atoms with Crippen LogP contribution in [0, 0.1) is 0 Å². The minimum Gasteiger partial charge on any atom is -0.490 e. The zero-order valence-corrected chi connectivity index (χ0v) is 19.5. The van der Waals surface area contributed by atoms with E-state index in [9.17, 15) is 14.7 Å². The molecule has 0 fully saturated rings. The van der Waals surface area contributed by atoms with Crippen molar-refractivity contribution in [3.8, 4) is 11.5 Å². The lowest BCUT2D eigenvalue weighted by molar-refractivity contribution is -0.141. The van der Waals surface area contributed by atoms with E-state index in [1.165, 1.54) is 6.92 Å². The molecule has 0 spiro atoms. The maximum absolute atomic E-state index is 13.5. The summed E-state index contributed by atoms with van der Waals surface area (Å²) in [6.07, 6.45) is 1.59. The molecule has 1 aliphatic heterocycles. The van der Waals surface area contributed by atoms with Crippen molar-refractivity contribution in [2.45, 2.75) is 18.4 Å². The normalized spacial score (nSPS) is 16.7. The van der Waals surface area contributed by atoms with E-state index in [1.54, 1.807) is 48.7 Å². The van der Waals surface area contributed by atoms with Crippen LogP contribution in [0.5, 0.6) is 11.5 Å². The van der Waals surface area contributed by atoms with Gasteiger partial charge in [0, 0.05) is 29.7 Å². The first-order valence-corrected chi connectivity index (χ1v) is 11.4. The number of carbonyl (C=O) groups is 2. The molecule has 178 valence electrons. The number of aromatic nitrogens is 1. The highest BCUT2D eigenvalue weighted by Crippen LogP contribution is 2.35. The summed E-state index contributed by atoms with van der Waals surface area (Å²) in [5.74, 6) is -0.285. The standard InChI is InChI=1S/C28H26N2O5/c1-28(27(32)33,22-6-5-7-23-21(22)14-15-29-23)26(31)18-10-12-19(13-11-18)34-17-20-16-30(2)24-8-3-4-9-25(24)35-20/h3-15,20,29H,16-17H2,1-2H3,(H,32,33)/t20-,28?/m1/s1. The average molecular weight is 471 g/mol. The van der Waals surface area contributed by atoms with Gasteiger partial charge in [-0.05, 0) is 61.0 Å². The molecule has 0 aliphatic carbocycles. The summed E-state index contributed by atoms with van der Waals surface area (Å²) >= 11 is 0. The average Bonchev–Trinajstić information content (AvgIpc) is 3.36. The van der Waals surface area contributed by atoms with E-state index in [0.29, 0.717) is 35.4 Å². The molecule has 7 nitrogen and oxygen atoms in total. The van der Waals surface area contributed by atoms with Crippen molar-refractivity contribution in [1.29, 1.82) is 0 Å². The van der Waals surface area contributed by atoms with Crippen LogP contribution in [0.2, 0.25) is 0 Å². The van der Waals surface area contributed by atoms with Crippen molar-refractivity contribution in [2.75, 3.05) is 25.1 Å². The van der Waals surface area contributed by atoms with E-state index < -0.39 is 17.2 Å². The van der Waals surface area contributed by atoms with Crippen LogP contribution in [-0.2, 0) is 10.2 Å². The Bertz CT molecular complexity index is 1390. The molecule has 3 aromatic carbocycles. The van der Waals surface area contributed by atoms with Crippen molar-refractivity contribution < 1.29 is 24.2 Å². The number of anilines is 1. The van der Waals surface area contributed by atoms with Gasteiger partial charge in [-0.25, -0.2) is 0 Å². The van der Waals surface area contributed by atoms with E-state index in [-0.39, 0.29) is 6.10 Å². The number of H-pyrrole nitrogens is 1. The Hall–Kier alpha value is -4.26. The molecule has 0 saturated carbocycles. The summed E-state index contributed by atoms with van der Waals surface area (Å²) < 4.78 is 12.0. The fourth-order valence-corrected chi connectivity index (χ4v) is 4.62. The number of nitrogens with one attached hydrogen (secondary N) is 1. The highest BCUT2D eigenvalue weighted by Gasteiger charge is 2.44. The molecule has 35 heavy (non-hydrogen) atoms. The highest BCUT2D eigenvalue weighted by molar-refractivity contribution is 6.18. The molecule has 1 aromatic heterocycles. The third-order valence-electron chi connectivity index (χ3n) is 6.62. The van der Waals surface area contributed by atoms with E-state index in [1.807, 2.05) is 37.4 Å². The topological polar surface area (TPSA) is 91.9 Å². The van der Waals surface area contributed by atoms with Gasteiger partial charge in [0.1, 0.15) is 24.2 Å². The molecule has 1 unspecified atom stereocenters. The largest absolute Gasteiger partial charge is 0.490 e. The first-order chi connectivity index (χ1) is 16.9. The number of aromatic amines is 1. The lowest BCUT2D eigenvalue weighted by Gasteiger charge is -2.33. The van der Waals surface area contributed by atoms with Crippen molar-refractivity contribution in [3.05, 3.63) is 90.1 Å². The second kappa shape index (κ2) is 8.83. The highest BCUT2D eigenvalue weighted by atomic mass is 16.5. The first-order valence-electron chi connectivity index (χ1n) is 11.4. The molecule has 7 heteroatoms. The Morgan fingerprint density at radius 3 is 2.63 bits per heavy atom. The smallest absolute Gasteiger partial charge is 0.321 e. The number of carboxylic acid groups (broad SMARTS) is 1. The molecule has 2 N–H and O–H groups in total. The molecule has 0 amide bonds. The second-order valence-electron chi connectivity index (χ2n) is 8.93. The van der Waals surface area contributed by atoms with Crippen LogP contribution in [0.4, 0.5) is 5.69 Å². The quantitative estimate of drug-likeness (QED) is 0.301. The summed E-state index contributed by atoms with van der Waals surface area (Å²) in [7, 11) is 2.02. The number of carbonyl (C=O) groups excluding carboxylic acids is 1. The van der Waals surface area contributed by atoms with Crippen molar-refractivity contribution in [3.63, 3.8) is 0 Å². The van der Waals surface area contributed by atoms with Gasteiger partial charge in [0.2, 0.25) is 0 Å². The molecular formula is C28H26N2O5. The van der Waals surface area contributed by atoms with Crippen LogP contribution >= 0.6 is 0 Å². The van der Waals surface area contributed by atoms with Crippen molar-refractivity contribution in [1.82, 2.24) is 4.98 Å². The third-order valence-corrected chi connectivity index (χ3v) is 6.62. The Labute approximate surface area is 202 Å². The SMILES string of the molecule is CN1C[C@H](COc2ccc(C(=O)C(C)(C(=O)O)c3cccc4[nH]ccc34)cc2)Oc2ccccc21. The number of para-hydroxylation sites is 2. The number of benzene rings is 3. The van der Waals surface area contributed by atoms with Crippen LogP contribution < -0.4 is 14.4 Å². The Kier molecular flexibility index (Phi) is 5.68. The number of hydrogen-bond donors (Lipinski definition) is 2. The van der Waals surface area contributed by atoms with Gasteiger partial charge in [-0.15, -0.1) is 0 Å². The maximum Gasteiger partial charge on any atom is 0.321 e. The molecule has 2 heterocycles.